The van der Waals surface area contributed by atoms with Crippen LogP contribution in [0.3, 0.4) is 0 Å². The van der Waals surface area contributed by atoms with Crippen LogP contribution >= 0.6 is 0 Å². The number of rotatable bonds is 6. The predicted octanol–water partition coefficient (Wildman–Crippen LogP) is 2.77. The number of amides is 1. The maximum Gasteiger partial charge on any atom is 0.292 e. The second kappa shape index (κ2) is 6.66. The highest BCUT2D eigenvalue weighted by Crippen LogP contribution is 2.21. The molecule has 2 unspecified atom stereocenters. The molecule has 0 aromatic carbocycles. The molecule has 1 rings (SSSR count). The number of hydrogen-bond acceptors (Lipinski definition) is 3. The monoisotopic (exact) mass is 254 g/mol. The zero-order valence-electron chi connectivity index (χ0n) is 11.9. The van der Waals surface area contributed by atoms with Gasteiger partial charge in [-0.3, -0.25) is 4.79 Å². The van der Waals surface area contributed by atoms with Crippen molar-refractivity contribution in [3.05, 3.63) is 12.0 Å². The van der Waals surface area contributed by atoms with Crippen LogP contribution in [0.4, 0.5) is 0 Å². The van der Waals surface area contributed by atoms with E-state index in [-0.39, 0.29) is 23.9 Å². The van der Waals surface area contributed by atoms with Crippen molar-refractivity contribution in [1.29, 1.82) is 0 Å². The molecule has 4 heteroatoms. The molecule has 0 saturated heterocycles. The van der Waals surface area contributed by atoms with E-state index >= 15 is 0 Å². The lowest BCUT2D eigenvalue weighted by molar-refractivity contribution is -0.137. The zero-order valence-corrected chi connectivity index (χ0v) is 11.9. The van der Waals surface area contributed by atoms with E-state index in [1.54, 1.807) is 4.90 Å². The molecule has 2 N–H and O–H groups in total. The third kappa shape index (κ3) is 3.65. The van der Waals surface area contributed by atoms with Gasteiger partial charge in [-0.25, -0.2) is 0 Å². The van der Waals surface area contributed by atoms with E-state index in [2.05, 4.69) is 33.0 Å². The lowest BCUT2D eigenvalue weighted by Gasteiger charge is -2.39. The first kappa shape index (κ1) is 14.9. The molecule has 1 aliphatic rings. The van der Waals surface area contributed by atoms with Gasteiger partial charge in [0.2, 0.25) is 0 Å². The van der Waals surface area contributed by atoms with Gasteiger partial charge in [-0.1, -0.05) is 27.2 Å². The first-order valence-electron chi connectivity index (χ1n) is 6.95. The lowest BCUT2D eigenvalue weighted by Crippen LogP contribution is -2.55. The first-order valence-corrected chi connectivity index (χ1v) is 6.95. The molecule has 0 spiro atoms. The molecule has 1 heterocycles. The molecule has 0 radical (unpaired) electrons. The van der Waals surface area contributed by atoms with Crippen molar-refractivity contribution in [1.82, 2.24) is 10.2 Å². The van der Waals surface area contributed by atoms with Crippen LogP contribution in [0.5, 0.6) is 0 Å². The molecule has 0 saturated carbocycles. The summed E-state index contributed by atoms with van der Waals surface area (Å²) in [5.74, 6) is 0.106. The van der Waals surface area contributed by atoms with Gasteiger partial charge >= 0.3 is 0 Å². The Morgan fingerprint density at radius 1 is 1.44 bits per heavy atom. The minimum absolute atomic E-state index is 0.0158. The lowest BCUT2D eigenvalue weighted by atomic mass is 10.0. The first-order chi connectivity index (χ1) is 8.47. The summed E-state index contributed by atoms with van der Waals surface area (Å²) in [4.78, 5) is 13.9. The highest BCUT2D eigenvalue weighted by molar-refractivity contribution is 5.92. The number of aliphatic hydroxyl groups excluding tert-OH is 1. The fourth-order valence-corrected chi connectivity index (χ4v) is 2.51. The molecule has 2 atom stereocenters. The SMILES string of the molecule is CCCCC1NC=C(O)C(=O)N1C(C)CC(C)C. The van der Waals surface area contributed by atoms with Crippen LogP contribution in [-0.2, 0) is 4.79 Å². The van der Waals surface area contributed by atoms with Crippen molar-refractivity contribution in [2.24, 2.45) is 5.92 Å². The zero-order chi connectivity index (χ0) is 13.7. The van der Waals surface area contributed by atoms with Crippen molar-refractivity contribution in [3.63, 3.8) is 0 Å². The summed E-state index contributed by atoms with van der Waals surface area (Å²) in [6, 6.07) is 0.141. The molecule has 0 bridgehead atoms. The molecular formula is C14H26N2O2. The number of carbonyl (C=O) groups is 1. The van der Waals surface area contributed by atoms with Gasteiger partial charge in [-0.15, -0.1) is 0 Å². The molecule has 18 heavy (non-hydrogen) atoms. The van der Waals surface area contributed by atoms with Crippen molar-refractivity contribution in [2.45, 2.75) is 65.6 Å². The summed E-state index contributed by atoms with van der Waals surface area (Å²) >= 11 is 0. The third-order valence-electron chi connectivity index (χ3n) is 3.32. The second-order valence-electron chi connectivity index (χ2n) is 5.55. The van der Waals surface area contributed by atoms with Gasteiger partial charge in [0.25, 0.3) is 5.91 Å². The Morgan fingerprint density at radius 2 is 2.11 bits per heavy atom. The van der Waals surface area contributed by atoms with Crippen LogP contribution in [-0.4, -0.2) is 28.1 Å². The molecule has 1 amide bonds. The van der Waals surface area contributed by atoms with Gasteiger partial charge in [-0.05, 0) is 32.1 Å². The Balaban J connectivity index is 2.78. The third-order valence-corrected chi connectivity index (χ3v) is 3.32. The molecule has 0 fully saturated rings. The Kier molecular flexibility index (Phi) is 5.51. The average molecular weight is 254 g/mol. The Labute approximate surface area is 110 Å². The summed E-state index contributed by atoms with van der Waals surface area (Å²) in [5.41, 5.74) is 0. The largest absolute Gasteiger partial charge is 0.502 e. The normalized spacial score (nSPS) is 21.8. The minimum Gasteiger partial charge on any atom is -0.502 e. The molecule has 0 aromatic heterocycles. The van der Waals surface area contributed by atoms with E-state index in [1.807, 2.05) is 0 Å². The van der Waals surface area contributed by atoms with Gasteiger partial charge in [0, 0.05) is 12.2 Å². The summed E-state index contributed by atoms with van der Waals surface area (Å²) in [6.45, 7) is 8.49. The highest BCUT2D eigenvalue weighted by Gasteiger charge is 2.32. The summed E-state index contributed by atoms with van der Waals surface area (Å²) in [7, 11) is 0. The van der Waals surface area contributed by atoms with E-state index in [0.29, 0.717) is 5.92 Å². The fourth-order valence-electron chi connectivity index (χ4n) is 2.51. The van der Waals surface area contributed by atoms with Crippen molar-refractivity contribution in [2.75, 3.05) is 0 Å². The van der Waals surface area contributed by atoms with Crippen LogP contribution in [0, 0.1) is 5.92 Å². The highest BCUT2D eigenvalue weighted by atomic mass is 16.3. The smallest absolute Gasteiger partial charge is 0.292 e. The van der Waals surface area contributed by atoms with Crippen molar-refractivity contribution in [3.8, 4) is 0 Å². The van der Waals surface area contributed by atoms with Gasteiger partial charge in [0.05, 0.1) is 0 Å². The van der Waals surface area contributed by atoms with E-state index < -0.39 is 0 Å². The maximum atomic E-state index is 12.1. The topological polar surface area (TPSA) is 52.6 Å². The quantitative estimate of drug-likeness (QED) is 0.766. The summed E-state index contributed by atoms with van der Waals surface area (Å²) < 4.78 is 0. The standard InChI is InChI=1S/C14H26N2O2/c1-5-6-7-13-15-9-12(17)14(18)16(13)11(4)8-10(2)3/h9-11,13,15,17H,5-8H2,1-4H3. The number of carbonyl (C=O) groups excluding carboxylic acids is 1. The van der Waals surface area contributed by atoms with Crippen LogP contribution in [0.25, 0.3) is 0 Å². The van der Waals surface area contributed by atoms with E-state index in [0.717, 1.165) is 25.7 Å². The number of unbranched alkanes of at least 4 members (excludes halogenated alkanes) is 1. The number of nitrogens with zero attached hydrogens (tertiary/aromatic N) is 1. The molecular weight excluding hydrogens is 228 g/mol. The molecule has 0 aromatic rings. The Morgan fingerprint density at radius 3 is 2.67 bits per heavy atom. The van der Waals surface area contributed by atoms with Crippen molar-refractivity contribution < 1.29 is 9.90 Å². The average Bonchev–Trinajstić information content (AvgIpc) is 2.29. The van der Waals surface area contributed by atoms with Gasteiger partial charge in [0.1, 0.15) is 6.17 Å². The van der Waals surface area contributed by atoms with Crippen LogP contribution < -0.4 is 5.32 Å². The molecule has 4 nitrogen and oxygen atoms in total. The number of hydrogen-bond donors (Lipinski definition) is 2. The number of nitrogens with one attached hydrogen (secondary N) is 1. The maximum absolute atomic E-state index is 12.1. The van der Waals surface area contributed by atoms with Crippen molar-refractivity contribution >= 4 is 5.91 Å². The van der Waals surface area contributed by atoms with Crippen LogP contribution in [0.2, 0.25) is 0 Å². The van der Waals surface area contributed by atoms with Crippen LogP contribution in [0.1, 0.15) is 53.4 Å². The van der Waals surface area contributed by atoms with E-state index in [9.17, 15) is 9.90 Å². The van der Waals surface area contributed by atoms with E-state index in [4.69, 9.17) is 0 Å². The minimum atomic E-state index is -0.247. The predicted molar refractivity (Wildman–Crippen MR) is 72.9 cm³/mol. The fraction of sp³-hybridized carbons (Fsp3) is 0.786. The van der Waals surface area contributed by atoms with E-state index in [1.165, 1.54) is 6.20 Å². The van der Waals surface area contributed by atoms with Gasteiger partial charge in [-0.2, -0.15) is 0 Å². The summed E-state index contributed by atoms with van der Waals surface area (Å²) in [6.07, 6.45) is 5.50. The second-order valence-corrected chi connectivity index (χ2v) is 5.55. The molecule has 1 aliphatic heterocycles. The van der Waals surface area contributed by atoms with Gasteiger partial charge < -0.3 is 15.3 Å². The number of aliphatic hydroxyl groups is 1. The Hall–Kier alpha value is -1.19. The Bertz CT molecular complexity index is 313. The van der Waals surface area contributed by atoms with Gasteiger partial charge in [0.15, 0.2) is 5.76 Å². The summed E-state index contributed by atoms with van der Waals surface area (Å²) in [5, 5.41) is 12.7. The van der Waals surface area contributed by atoms with Crippen LogP contribution in [0.15, 0.2) is 12.0 Å². The molecule has 104 valence electrons. The molecule has 0 aliphatic carbocycles.